The smallest absolute Gasteiger partial charge is 0.410 e. The first-order valence-corrected chi connectivity index (χ1v) is 23.0. The van der Waals surface area contributed by atoms with Gasteiger partial charge in [-0.1, -0.05) is 20.8 Å². The third-order valence-electron chi connectivity index (χ3n) is 11.4. The summed E-state index contributed by atoms with van der Waals surface area (Å²) in [7, 11) is -2.05. The number of nitrogens with zero attached hydrogens (tertiary/aromatic N) is 2. The summed E-state index contributed by atoms with van der Waals surface area (Å²) in [6, 6.07) is 0.429. The molecule has 3 aliphatic rings. The molecule has 0 aromatic rings. The molecule has 0 bridgehead atoms. The van der Waals surface area contributed by atoms with Crippen molar-refractivity contribution in [3.05, 3.63) is 0 Å². The minimum Gasteiger partial charge on any atom is -0.444 e. The van der Waals surface area contributed by atoms with Gasteiger partial charge in [0, 0.05) is 43.7 Å². The predicted octanol–water partition coefficient (Wildman–Crippen LogP) is 7.89. The normalized spacial score (nSPS) is 22.1. The van der Waals surface area contributed by atoms with Crippen LogP contribution in [-0.2, 0) is 36.2 Å². The van der Waals surface area contributed by atoms with E-state index in [0.29, 0.717) is 32.2 Å². The predicted molar refractivity (Wildman–Crippen MR) is 232 cm³/mol. The summed E-state index contributed by atoms with van der Waals surface area (Å²) in [4.78, 5) is 38.9. The third kappa shape index (κ3) is 17.7. The van der Waals surface area contributed by atoms with Gasteiger partial charge in [0.15, 0.2) is 0 Å². The van der Waals surface area contributed by atoms with Crippen molar-refractivity contribution >= 4 is 39.9 Å². The van der Waals surface area contributed by atoms with Gasteiger partial charge >= 0.3 is 12.2 Å². The first-order valence-electron chi connectivity index (χ1n) is 20.7. The van der Waals surface area contributed by atoms with Crippen LogP contribution in [0.2, 0.25) is 0 Å². The van der Waals surface area contributed by atoms with Crippen molar-refractivity contribution in [1.82, 2.24) is 24.6 Å². The topological polar surface area (TPSA) is 146 Å². The van der Waals surface area contributed by atoms with Gasteiger partial charge in [0.1, 0.15) is 17.0 Å². The SMILES string of the molecule is CC(=O)C1(C)CCN(C(=O)OC(C)(C)C)CC1.CC(N[S@@](=O)C(C)(C)C)C1(C)CCN(C(=O)OC(C)(C)C)CC1.CC(N[S@@](=O)C(C)(C)C)C1(C)CCNCC1. The molecule has 3 N–H and O–H groups in total. The molecule has 0 aromatic carbocycles. The first-order chi connectivity index (χ1) is 25.1. The van der Waals surface area contributed by atoms with E-state index in [1.54, 1.807) is 16.7 Å². The highest BCUT2D eigenvalue weighted by Crippen LogP contribution is 2.36. The second-order valence-electron chi connectivity index (χ2n) is 21.1. The third-order valence-corrected chi connectivity index (χ3v) is 14.8. The molecule has 4 atom stereocenters. The van der Waals surface area contributed by atoms with Crippen LogP contribution in [0.15, 0.2) is 0 Å². The zero-order chi connectivity index (χ0) is 43.7. The molecule has 0 saturated carbocycles. The highest BCUT2D eigenvalue weighted by molar-refractivity contribution is 7.84. The van der Waals surface area contributed by atoms with Crippen LogP contribution in [-0.4, -0.2) is 108 Å². The van der Waals surface area contributed by atoms with Gasteiger partial charge in [-0.3, -0.25) is 4.79 Å². The molecule has 2 unspecified atom stereocenters. The number of rotatable bonds is 7. The maximum atomic E-state index is 12.3. The number of ketones is 1. The first kappa shape index (κ1) is 52.4. The van der Waals surface area contributed by atoms with E-state index in [9.17, 15) is 22.8 Å². The summed E-state index contributed by atoms with van der Waals surface area (Å²) in [5, 5.41) is 3.37. The molecule has 3 heterocycles. The molecule has 0 radical (unpaired) electrons. The van der Waals surface area contributed by atoms with Crippen molar-refractivity contribution in [2.24, 2.45) is 16.2 Å². The van der Waals surface area contributed by atoms with Crippen LogP contribution in [0.3, 0.4) is 0 Å². The standard InChI is InChI=1S/C17H34N2O3S.C13H23NO3.C12H26N2OS/c1-13(18-23(21)16(5,6)7)17(8)9-11-19(12-10-17)14(20)22-15(2,3)4;1-10(15)13(5)6-8-14(9-7-13)11(16)17-12(2,3)4;1-10(14-16(15)11(2,3)4)12(5)6-8-13-9-7-12/h13,18H,9-12H2,1-8H3;6-9H2,1-5H3;10,13-14H,6-9H2,1-5H3/t13?,23-;;10?,16-/m0.0/s1. The number of likely N-dealkylation sites (tertiary alicyclic amines) is 2. The molecule has 330 valence electrons. The molecule has 0 aromatic heterocycles. The van der Waals surface area contributed by atoms with Crippen molar-refractivity contribution in [3.63, 3.8) is 0 Å². The number of hydrogen-bond donors (Lipinski definition) is 3. The van der Waals surface area contributed by atoms with E-state index < -0.39 is 33.2 Å². The van der Waals surface area contributed by atoms with Crippen molar-refractivity contribution in [2.45, 2.75) is 196 Å². The van der Waals surface area contributed by atoms with E-state index in [-0.39, 0.29) is 49.8 Å². The van der Waals surface area contributed by atoms with Gasteiger partial charge in [0.2, 0.25) is 0 Å². The monoisotopic (exact) mass is 834 g/mol. The molecule has 12 nitrogen and oxygen atoms in total. The summed E-state index contributed by atoms with van der Waals surface area (Å²) in [5.74, 6) is 0.210. The number of amides is 2. The Balaban J connectivity index is 0.000000429. The average molecular weight is 834 g/mol. The minimum atomic E-state index is -1.08. The van der Waals surface area contributed by atoms with Gasteiger partial charge in [-0.2, -0.15) is 0 Å². The molecule has 0 aliphatic carbocycles. The number of nitrogens with one attached hydrogen (secondary N) is 3. The Morgan fingerprint density at radius 2 is 0.893 bits per heavy atom. The van der Waals surface area contributed by atoms with Gasteiger partial charge in [-0.15, -0.1) is 0 Å². The van der Waals surface area contributed by atoms with E-state index in [0.717, 1.165) is 51.6 Å². The van der Waals surface area contributed by atoms with Crippen LogP contribution in [0.5, 0.6) is 0 Å². The Morgan fingerprint density at radius 3 is 1.18 bits per heavy atom. The van der Waals surface area contributed by atoms with E-state index in [4.69, 9.17) is 9.47 Å². The lowest BCUT2D eigenvalue weighted by atomic mass is 9.75. The number of Topliss-reactive ketones (excluding diaryl/α,β-unsaturated/α-hetero) is 1. The molecule has 14 heteroatoms. The average Bonchev–Trinajstić information content (AvgIpc) is 3.03. The van der Waals surface area contributed by atoms with Gasteiger partial charge < -0.3 is 24.6 Å². The van der Waals surface area contributed by atoms with Crippen molar-refractivity contribution in [1.29, 1.82) is 0 Å². The molecule has 56 heavy (non-hydrogen) atoms. The Morgan fingerprint density at radius 1 is 0.589 bits per heavy atom. The lowest BCUT2D eigenvalue weighted by Gasteiger charge is -2.43. The molecule has 3 rings (SSSR count). The zero-order valence-electron chi connectivity index (χ0n) is 38.7. The lowest BCUT2D eigenvalue weighted by molar-refractivity contribution is -0.128. The Bertz CT molecular complexity index is 1320. The Hall–Kier alpha value is -1.61. The summed E-state index contributed by atoms with van der Waals surface area (Å²) >= 11 is 0. The van der Waals surface area contributed by atoms with Crippen LogP contribution in [0.1, 0.15) is 163 Å². The fourth-order valence-electron chi connectivity index (χ4n) is 6.21. The number of piperidine rings is 3. The van der Waals surface area contributed by atoms with E-state index in [1.165, 1.54) is 0 Å². The highest BCUT2D eigenvalue weighted by Gasteiger charge is 2.40. The second-order valence-corrected chi connectivity index (χ2v) is 25.0. The molecule has 3 saturated heterocycles. The van der Waals surface area contributed by atoms with Crippen molar-refractivity contribution in [2.75, 3.05) is 39.3 Å². The van der Waals surface area contributed by atoms with Crippen LogP contribution in [0, 0.1) is 16.2 Å². The van der Waals surface area contributed by atoms with E-state index in [2.05, 4.69) is 42.5 Å². The molecular formula is C42H83N5O7S2. The summed E-state index contributed by atoms with van der Waals surface area (Å²) in [6.07, 6.45) is 5.00. The van der Waals surface area contributed by atoms with Crippen LogP contribution < -0.4 is 14.8 Å². The van der Waals surface area contributed by atoms with E-state index >= 15 is 0 Å². The number of carbonyl (C=O) groups excluding carboxylic acids is 3. The zero-order valence-corrected chi connectivity index (χ0v) is 40.3. The number of hydrogen-bond acceptors (Lipinski definition) is 8. The molecule has 3 fully saturated rings. The van der Waals surface area contributed by atoms with Gasteiger partial charge in [-0.05, 0) is 166 Å². The van der Waals surface area contributed by atoms with Gasteiger partial charge in [0.25, 0.3) is 0 Å². The van der Waals surface area contributed by atoms with Crippen molar-refractivity contribution in [3.8, 4) is 0 Å². The lowest BCUT2D eigenvalue weighted by Crippen LogP contribution is -2.52. The molecule has 0 spiro atoms. The molecule has 3 aliphatic heterocycles. The fraction of sp³-hybridized carbons (Fsp3) is 0.929. The Kier molecular flexibility index (Phi) is 19.3. The minimum absolute atomic E-state index is 0.0272. The summed E-state index contributed by atoms with van der Waals surface area (Å²) in [6.45, 7) is 40.2. The summed E-state index contributed by atoms with van der Waals surface area (Å²) < 4.78 is 41.2. The number of ether oxygens (including phenoxy) is 2. The van der Waals surface area contributed by atoms with Crippen LogP contribution in [0.25, 0.3) is 0 Å². The number of carbonyl (C=O) groups is 3. The quantitative estimate of drug-likeness (QED) is 0.235. The maximum Gasteiger partial charge on any atom is 0.410 e. The van der Waals surface area contributed by atoms with E-state index in [1.807, 2.05) is 90.0 Å². The molecule has 2 amide bonds. The Labute approximate surface area is 347 Å². The maximum absolute atomic E-state index is 12.3. The van der Waals surface area contributed by atoms with Crippen molar-refractivity contribution < 1.29 is 32.3 Å². The largest absolute Gasteiger partial charge is 0.444 e. The summed E-state index contributed by atoms with van der Waals surface area (Å²) in [5.41, 5.74) is -0.890. The van der Waals surface area contributed by atoms with Gasteiger partial charge in [-0.25, -0.2) is 27.5 Å². The van der Waals surface area contributed by atoms with Gasteiger partial charge in [0.05, 0.1) is 31.5 Å². The fourth-order valence-corrected chi connectivity index (χ4v) is 8.13. The second kappa shape index (κ2) is 20.6. The highest BCUT2D eigenvalue weighted by atomic mass is 32.2. The van der Waals surface area contributed by atoms with Crippen LogP contribution >= 0.6 is 0 Å². The molecular weight excluding hydrogens is 751 g/mol. The van der Waals surface area contributed by atoms with Crippen LogP contribution in [0.4, 0.5) is 9.59 Å².